The highest BCUT2D eigenvalue weighted by molar-refractivity contribution is 5.46. The van der Waals surface area contributed by atoms with Gasteiger partial charge in [0.25, 0.3) is 0 Å². The largest absolute Gasteiger partial charge is 0.487 e. The molecule has 0 heterocycles. The fourth-order valence-corrected chi connectivity index (χ4v) is 1.65. The molecule has 2 aromatic carbocycles. The van der Waals surface area contributed by atoms with E-state index in [-0.39, 0.29) is 30.1 Å². The van der Waals surface area contributed by atoms with Gasteiger partial charge in [0.1, 0.15) is 36.4 Å². The fraction of sp³-hybridized carbons (Fsp3) is 0.125. The van der Waals surface area contributed by atoms with E-state index in [2.05, 4.69) is 11.8 Å². The normalized spacial score (nSPS) is 9.90. The summed E-state index contributed by atoms with van der Waals surface area (Å²) in [5, 5.41) is 8.66. The summed E-state index contributed by atoms with van der Waals surface area (Å²) >= 11 is 0. The maximum atomic E-state index is 13.5. The zero-order chi connectivity index (χ0) is 15.2. The van der Waals surface area contributed by atoms with Gasteiger partial charge in [-0.15, -0.1) is 0 Å². The van der Waals surface area contributed by atoms with Crippen LogP contribution in [0.1, 0.15) is 11.1 Å². The summed E-state index contributed by atoms with van der Waals surface area (Å²) in [4.78, 5) is 0. The van der Waals surface area contributed by atoms with Crippen molar-refractivity contribution in [2.24, 2.45) is 0 Å². The van der Waals surface area contributed by atoms with Crippen molar-refractivity contribution in [2.45, 2.75) is 6.61 Å². The van der Waals surface area contributed by atoms with Gasteiger partial charge in [0.2, 0.25) is 0 Å². The molecule has 0 saturated heterocycles. The van der Waals surface area contributed by atoms with Crippen LogP contribution in [-0.2, 0) is 6.61 Å². The van der Waals surface area contributed by atoms with E-state index in [4.69, 9.17) is 9.84 Å². The number of halogens is 3. The molecule has 2 nitrogen and oxygen atoms in total. The Morgan fingerprint density at radius 3 is 2.43 bits per heavy atom. The van der Waals surface area contributed by atoms with Crippen LogP contribution in [0, 0.1) is 29.3 Å². The molecule has 0 spiro atoms. The van der Waals surface area contributed by atoms with Crippen LogP contribution in [0.15, 0.2) is 36.4 Å². The molecule has 0 aliphatic rings. The molecule has 21 heavy (non-hydrogen) atoms. The summed E-state index contributed by atoms with van der Waals surface area (Å²) in [5.41, 5.74) is 0.411. The lowest BCUT2D eigenvalue weighted by Crippen LogP contribution is -2.00. The molecular formula is C16H11F3O2. The first-order chi connectivity index (χ1) is 10.1. The molecular weight excluding hydrogens is 281 g/mol. The second kappa shape index (κ2) is 6.82. The number of aliphatic hydroxyl groups excluding tert-OH is 1. The first kappa shape index (κ1) is 14.9. The van der Waals surface area contributed by atoms with Crippen molar-refractivity contribution in [1.29, 1.82) is 0 Å². The zero-order valence-corrected chi connectivity index (χ0v) is 10.9. The van der Waals surface area contributed by atoms with Gasteiger partial charge >= 0.3 is 0 Å². The van der Waals surface area contributed by atoms with Crippen LogP contribution < -0.4 is 4.74 Å². The molecule has 2 aromatic rings. The highest BCUT2D eigenvalue weighted by atomic mass is 19.1. The Bertz CT molecular complexity index is 702. The molecule has 0 bridgehead atoms. The lowest BCUT2D eigenvalue weighted by molar-refractivity contribution is 0.298. The van der Waals surface area contributed by atoms with Crippen molar-refractivity contribution in [3.63, 3.8) is 0 Å². The third-order valence-electron chi connectivity index (χ3n) is 2.64. The van der Waals surface area contributed by atoms with Gasteiger partial charge in [-0.3, -0.25) is 0 Å². The van der Waals surface area contributed by atoms with Gasteiger partial charge in [0, 0.05) is 11.6 Å². The van der Waals surface area contributed by atoms with Gasteiger partial charge < -0.3 is 9.84 Å². The molecule has 0 radical (unpaired) electrons. The second-order valence-corrected chi connectivity index (χ2v) is 4.12. The summed E-state index contributed by atoms with van der Waals surface area (Å²) in [6.45, 7) is -0.520. The van der Waals surface area contributed by atoms with Crippen LogP contribution in [0.2, 0.25) is 0 Å². The summed E-state index contributed by atoms with van der Waals surface area (Å²) < 4.78 is 44.8. The van der Waals surface area contributed by atoms with Gasteiger partial charge in [-0.2, -0.15) is 0 Å². The van der Waals surface area contributed by atoms with Crippen LogP contribution in [0.25, 0.3) is 0 Å². The minimum absolute atomic E-state index is 0.147. The Kier molecular flexibility index (Phi) is 4.85. The Labute approximate surface area is 119 Å². The van der Waals surface area contributed by atoms with Gasteiger partial charge in [0.05, 0.1) is 5.56 Å². The molecule has 2 rings (SSSR count). The van der Waals surface area contributed by atoms with Crippen LogP contribution in [0.5, 0.6) is 5.75 Å². The van der Waals surface area contributed by atoms with Gasteiger partial charge in [-0.05, 0) is 30.3 Å². The average Bonchev–Trinajstić information content (AvgIpc) is 2.45. The van der Waals surface area contributed by atoms with Crippen molar-refractivity contribution < 1.29 is 23.0 Å². The molecule has 108 valence electrons. The second-order valence-electron chi connectivity index (χ2n) is 4.12. The van der Waals surface area contributed by atoms with Crippen molar-refractivity contribution >= 4 is 0 Å². The van der Waals surface area contributed by atoms with Crippen molar-refractivity contribution in [1.82, 2.24) is 0 Å². The zero-order valence-electron chi connectivity index (χ0n) is 10.9. The number of rotatable bonds is 3. The average molecular weight is 292 g/mol. The molecule has 0 amide bonds. The third-order valence-corrected chi connectivity index (χ3v) is 2.64. The number of hydrogen-bond acceptors (Lipinski definition) is 2. The number of aliphatic hydroxyl groups is 1. The topological polar surface area (TPSA) is 29.5 Å². The molecule has 0 atom stereocenters. The standard InChI is InChI=1S/C16H11F3O2/c17-13-5-6-16(11(8-13)2-1-7-20)21-10-12-3-4-14(18)9-15(12)19/h3-6,8-9,20H,7,10H2. The van der Waals surface area contributed by atoms with Gasteiger partial charge in [-0.1, -0.05) is 11.8 Å². The number of ether oxygens (including phenoxy) is 1. The highest BCUT2D eigenvalue weighted by Gasteiger charge is 2.07. The minimum atomic E-state index is -0.722. The summed E-state index contributed by atoms with van der Waals surface area (Å²) in [6, 6.07) is 6.85. The maximum absolute atomic E-state index is 13.5. The number of benzene rings is 2. The Hall–Kier alpha value is -2.45. The monoisotopic (exact) mass is 292 g/mol. The van der Waals surface area contributed by atoms with Crippen LogP contribution in [0.3, 0.4) is 0 Å². The molecule has 0 aliphatic carbocycles. The van der Waals surface area contributed by atoms with Crippen molar-refractivity contribution in [3.8, 4) is 17.6 Å². The number of hydrogen-bond donors (Lipinski definition) is 1. The van der Waals surface area contributed by atoms with E-state index < -0.39 is 17.5 Å². The van der Waals surface area contributed by atoms with E-state index >= 15 is 0 Å². The Morgan fingerprint density at radius 2 is 1.71 bits per heavy atom. The maximum Gasteiger partial charge on any atom is 0.135 e. The highest BCUT2D eigenvalue weighted by Crippen LogP contribution is 2.21. The van der Waals surface area contributed by atoms with Crippen LogP contribution >= 0.6 is 0 Å². The minimum Gasteiger partial charge on any atom is -0.487 e. The van der Waals surface area contributed by atoms with E-state index in [0.717, 1.165) is 18.2 Å². The van der Waals surface area contributed by atoms with Gasteiger partial charge in [-0.25, -0.2) is 13.2 Å². The molecule has 5 heteroatoms. The van der Waals surface area contributed by atoms with E-state index in [1.54, 1.807) is 0 Å². The molecule has 0 aliphatic heterocycles. The summed E-state index contributed by atoms with van der Waals surface area (Å²) in [5.74, 6) is 3.28. The predicted octanol–water partition coefficient (Wildman–Crippen LogP) is 3.03. The first-order valence-corrected chi connectivity index (χ1v) is 6.06. The van der Waals surface area contributed by atoms with Crippen molar-refractivity contribution in [3.05, 3.63) is 65.0 Å². The fourth-order valence-electron chi connectivity index (χ4n) is 1.65. The van der Waals surface area contributed by atoms with E-state index in [1.807, 2.05) is 0 Å². The summed E-state index contributed by atoms with van der Waals surface area (Å²) in [7, 11) is 0. The Morgan fingerprint density at radius 1 is 1.00 bits per heavy atom. The molecule has 0 aromatic heterocycles. The lowest BCUT2D eigenvalue weighted by Gasteiger charge is -2.09. The van der Waals surface area contributed by atoms with Crippen molar-refractivity contribution in [2.75, 3.05) is 6.61 Å². The molecule has 0 saturated carbocycles. The van der Waals surface area contributed by atoms with Gasteiger partial charge in [0.15, 0.2) is 0 Å². The van der Waals surface area contributed by atoms with E-state index in [9.17, 15) is 13.2 Å². The SMILES string of the molecule is OCC#Cc1cc(F)ccc1OCc1ccc(F)cc1F. The molecule has 0 fully saturated rings. The molecule has 1 N–H and O–H groups in total. The van der Waals surface area contributed by atoms with Crippen LogP contribution in [-0.4, -0.2) is 11.7 Å². The van der Waals surface area contributed by atoms with Crippen LogP contribution in [0.4, 0.5) is 13.2 Å². The Balaban J connectivity index is 2.19. The third kappa shape index (κ3) is 4.01. The van der Waals surface area contributed by atoms with E-state index in [0.29, 0.717) is 0 Å². The summed E-state index contributed by atoms with van der Waals surface area (Å²) in [6.07, 6.45) is 0. The van der Waals surface area contributed by atoms with E-state index in [1.165, 1.54) is 18.2 Å². The first-order valence-electron chi connectivity index (χ1n) is 6.06. The smallest absolute Gasteiger partial charge is 0.135 e. The predicted molar refractivity (Wildman–Crippen MR) is 71.1 cm³/mol. The quantitative estimate of drug-likeness (QED) is 0.881. The molecule has 0 unspecified atom stereocenters. The lowest BCUT2D eigenvalue weighted by atomic mass is 10.2.